The fraction of sp³-hybridized carbons (Fsp3) is 0.214. The summed E-state index contributed by atoms with van der Waals surface area (Å²) >= 11 is 2.98. The lowest BCUT2D eigenvalue weighted by atomic mass is 10.1. The van der Waals surface area contributed by atoms with Gasteiger partial charge in [0, 0.05) is 30.6 Å². The molecule has 1 aliphatic heterocycles. The Morgan fingerprint density at radius 1 is 1.27 bits per heavy atom. The maximum Gasteiger partial charge on any atom is 0.200 e. The minimum atomic E-state index is -0.403. The van der Waals surface area contributed by atoms with Crippen molar-refractivity contribution in [3.63, 3.8) is 0 Å². The molecule has 3 aromatic rings. The molecule has 0 N–H and O–H groups in total. The minimum Gasteiger partial charge on any atom is -0.482 e. The van der Waals surface area contributed by atoms with E-state index < -0.39 is 6.04 Å². The van der Waals surface area contributed by atoms with Crippen LogP contribution < -0.4 is 4.74 Å². The summed E-state index contributed by atoms with van der Waals surface area (Å²) in [6.45, 7) is 0.509. The predicted octanol–water partition coefficient (Wildman–Crippen LogP) is 3.92. The summed E-state index contributed by atoms with van der Waals surface area (Å²) in [4.78, 5) is 24.9. The number of hydrogen-bond donors (Lipinski definition) is 0. The van der Waals surface area contributed by atoms with Gasteiger partial charge >= 0.3 is 0 Å². The third kappa shape index (κ3) is 2.30. The lowest BCUT2D eigenvalue weighted by Gasteiger charge is -2.14. The average Bonchev–Trinajstić information content (AvgIpc) is 3.21. The van der Waals surface area contributed by atoms with Crippen molar-refractivity contribution in [1.29, 1.82) is 0 Å². The van der Waals surface area contributed by atoms with Gasteiger partial charge in [0.2, 0.25) is 0 Å². The SMILES string of the molecule is O=NC1CCOc2sc(-c3cnc(-c4cccnc4)s3)nc21. The largest absolute Gasteiger partial charge is 0.482 e. The second-order valence-corrected chi connectivity index (χ2v) is 6.71. The number of nitroso groups, excluding NO2 is 1. The third-order valence-corrected chi connectivity index (χ3v) is 5.51. The van der Waals surface area contributed by atoms with Crippen LogP contribution >= 0.6 is 22.7 Å². The van der Waals surface area contributed by atoms with Crippen LogP contribution in [0.5, 0.6) is 5.06 Å². The maximum atomic E-state index is 10.9. The van der Waals surface area contributed by atoms with Gasteiger partial charge in [-0.2, -0.15) is 4.91 Å². The molecule has 3 aromatic heterocycles. The molecule has 0 amide bonds. The van der Waals surface area contributed by atoms with Gasteiger partial charge in [-0.3, -0.25) is 4.98 Å². The van der Waals surface area contributed by atoms with Gasteiger partial charge in [-0.1, -0.05) is 16.5 Å². The Morgan fingerprint density at radius 2 is 2.23 bits per heavy atom. The molecule has 4 heterocycles. The Hall–Kier alpha value is -2.19. The standard InChI is InChI=1S/C14H10N4O2S2/c19-18-9-3-5-20-14-11(9)17-13(22-14)10-7-16-12(21-10)8-2-1-4-15-6-8/h1-2,4,6-7,9H,3,5H2. The van der Waals surface area contributed by atoms with Crippen LogP contribution in [0.3, 0.4) is 0 Å². The monoisotopic (exact) mass is 330 g/mol. The van der Waals surface area contributed by atoms with Gasteiger partial charge in [0.05, 0.1) is 11.5 Å². The van der Waals surface area contributed by atoms with E-state index in [1.165, 1.54) is 11.3 Å². The number of nitrogens with zero attached hydrogens (tertiary/aromatic N) is 4. The van der Waals surface area contributed by atoms with Gasteiger partial charge in [0.25, 0.3) is 0 Å². The van der Waals surface area contributed by atoms with Crippen LogP contribution in [0.4, 0.5) is 0 Å². The summed E-state index contributed by atoms with van der Waals surface area (Å²) in [6.07, 6.45) is 5.89. The molecule has 0 bridgehead atoms. The topological polar surface area (TPSA) is 77.3 Å². The first-order chi connectivity index (χ1) is 10.8. The molecule has 0 radical (unpaired) electrons. The Morgan fingerprint density at radius 3 is 3.05 bits per heavy atom. The summed E-state index contributed by atoms with van der Waals surface area (Å²) in [5.41, 5.74) is 1.63. The molecule has 8 heteroatoms. The second kappa shape index (κ2) is 5.54. The first-order valence-corrected chi connectivity index (χ1v) is 8.31. The number of aromatic nitrogens is 3. The smallest absolute Gasteiger partial charge is 0.200 e. The lowest BCUT2D eigenvalue weighted by molar-refractivity contribution is 0.275. The van der Waals surface area contributed by atoms with Gasteiger partial charge in [0.15, 0.2) is 5.06 Å². The number of hydrogen-bond acceptors (Lipinski definition) is 8. The molecule has 110 valence electrons. The molecule has 6 nitrogen and oxygen atoms in total. The molecule has 1 unspecified atom stereocenters. The third-order valence-electron chi connectivity index (χ3n) is 3.31. The van der Waals surface area contributed by atoms with Crippen LogP contribution in [-0.2, 0) is 0 Å². The average molecular weight is 330 g/mol. The van der Waals surface area contributed by atoms with Crippen molar-refractivity contribution in [2.75, 3.05) is 6.61 Å². The van der Waals surface area contributed by atoms with Crippen molar-refractivity contribution >= 4 is 22.7 Å². The molecule has 0 aliphatic carbocycles. The zero-order valence-corrected chi connectivity index (χ0v) is 12.9. The van der Waals surface area contributed by atoms with Crippen LogP contribution in [0, 0.1) is 4.91 Å². The molecule has 1 atom stereocenters. The van der Waals surface area contributed by atoms with E-state index in [1.807, 2.05) is 12.1 Å². The summed E-state index contributed by atoms with van der Waals surface area (Å²) in [5, 5.41) is 5.54. The Bertz CT molecular complexity index is 815. The van der Waals surface area contributed by atoms with Crippen LogP contribution in [-0.4, -0.2) is 21.6 Å². The van der Waals surface area contributed by atoms with Gasteiger partial charge in [-0.15, -0.1) is 11.3 Å². The molecule has 0 saturated carbocycles. The molecule has 0 saturated heterocycles. The van der Waals surface area contributed by atoms with Crippen molar-refractivity contribution < 1.29 is 4.74 Å². The molecule has 0 fully saturated rings. The van der Waals surface area contributed by atoms with Crippen LogP contribution in [0.25, 0.3) is 20.5 Å². The molecule has 0 spiro atoms. The Balaban J connectivity index is 1.70. The highest BCUT2D eigenvalue weighted by Gasteiger charge is 2.28. The highest BCUT2D eigenvalue weighted by atomic mass is 32.1. The van der Waals surface area contributed by atoms with E-state index in [1.54, 1.807) is 29.9 Å². The summed E-state index contributed by atoms with van der Waals surface area (Å²) in [6, 6.07) is 3.45. The predicted molar refractivity (Wildman–Crippen MR) is 85.1 cm³/mol. The zero-order valence-electron chi connectivity index (χ0n) is 11.3. The number of thiazole rings is 2. The summed E-state index contributed by atoms with van der Waals surface area (Å²) in [7, 11) is 0. The van der Waals surface area contributed by atoms with E-state index in [0.29, 0.717) is 23.8 Å². The Kier molecular flexibility index (Phi) is 3.39. The number of pyridine rings is 1. The molecular weight excluding hydrogens is 320 g/mol. The summed E-state index contributed by atoms with van der Waals surface area (Å²) in [5.74, 6) is 0. The first kappa shape index (κ1) is 13.5. The van der Waals surface area contributed by atoms with Crippen molar-refractivity contribution in [3.05, 3.63) is 41.3 Å². The van der Waals surface area contributed by atoms with Gasteiger partial charge in [-0.05, 0) is 12.1 Å². The molecule has 4 rings (SSSR count). The van der Waals surface area contributed by atoms with E-state index in [9.17, 15) is 4.91 Å². The van der Waals surface area contributed by atoms with Crippen molar-refractivity contribution in [2.45, 2.75) is 12.5 Å². The van der Waals surface area contributed by atoms with Crippen molar-refractivity contribution in [3.8, 4) is 25.5 Å². The fourth-order valence-electron chi connectivity index (χ4n) is 2.24. The maximum absolute atomic E-state index is 10.9. The fourth-order valence-corrected chi connectivity index (χ4v) is 4.18. The van der Waals surface area contributed by atoms with Gasteiger partial charge in [-0.25, -0.2) is 9.97 Å². The molecule has 22 heavy (non-hydrogen) atoms. The first-order valence-electron chi connectivity index (χ1n) is 6.68. The number of fused-ring (bicyclic) bond motifs is 1. The number of ether oxygens (including phenoxy) is 1. The van der Waals surface area contributed by atoms with E-state index in [0.717, 1.165) is 20.5 Å². The van der Waals surface area contributed by atoms with Gasteiger partial charge < -0.3 is 4.74 Å². The van der Waals surface area contributed by atoms with E-state index >= 15 is 0 Å². The quantitative estimate of drug-likeness (QED) is 0.680. The Labute approximate surface area is 133 Å². The van der Waals surface area contributed by atoms with E-state index in [2.05, 4.69) is 20.1 Å². The van der Waals surface area contributed by atoms with Crippen molar-refractivity contribution in [2.24, 2.45) is 5.18 Å². The van der Waals surface area contributed by atoms with Crippen LogP contribution in [0.1, 0.15) is 18.2 Å². The normalized spacial score (nSPS) is 16.8. The lowest BCUT2D eigenvalue weighted by Crippen LogP contribution is -2.11. The molecule has 1 aliphatic rings. The second-order valence-electron chi connectivity index (χ2n) is 4.72. The van der Waals surface area contributed by atoms with Crippen LogP contribution in [0.15, 0.2) is 35.9 Å². The van der Waals surface area contributed by atoms with Gasteiger partial charge in [0.1, 0.15) is 21.8 Å². The highest BCUT2D eigenvalue weighted by Crippen LogP contribution is 2.43. The number of rotatable bonds is 3. The van der Waals surface area contributed by atoms with Crippen LogP contribution in [0.2, 0.25) is 0 Å². The molecule has 0 aromatic carbocycles. The minimum absolute atomic E-state index is 0.403. The zero-order chi connectivity index (χ0) is 14.9. The van der Waals surface area contributed by atoms with E-state index in [4.69, 9.17) is 4.74 Å². The summed E-state index contributed by atoms with van der Waals surface area (Å²) < 4.78 is 5.58. The van der Waals surface area contributed by atoms with Crippen molar-refractivity contribution in [1.82, 2.24) is 15.0 Å². The molecular formula is C14H10N4O2S2. The van der Waals surface area contributed by atoms with E-state index in [-0.39, 0.29) is 0 Å². The highest BCUT2D eigenvalue weighted by molar-refractivity contribution is 7.24.